The first kappa shape index (κ1) is 27.4. The highest BCUT2D eigenvalue weighted by Crippen LogP contribution is 2.30. The third kappa shape index (κ3) is 6.18. The van der Waals surface area contributed by atoms with Crippen LogP contribution in [0.1, 0.15) is 67.1 Å². The summed E-state index contributed by atoms with van der Waals surface area (Å²) < 4.78 is 5.68. The largest absolute Gasteiger partial charge is 0.416 e. The van der Waals surface area contributed by atoms with Crippen molar-refractivity contribution in [2.75, 3.05) is 25.0 Å². The van der Waals surface area contributed by atoms with Crippen LogP contribution in [0.3, 0.4) is 0 Å². The average Bonchev–Trinajstić information content (AvgIpc) is 3.53. The highest BCUT2D eigenvalue weighted by molar-refractivity contribution is 5.89. The second-order valence-corrected chi connectivity index (χ2v) is 11.3. The average molecular weight is 546 g/mol. The molecule has 0 bridgehead atoms. The number of carbonyl (C=O) groups excluding carboxylic acids is 1. The Morgan fingerprint density at radius 1 is 1.27 bits per heavy atom. The summed E-state index contributed by atoms with van der Waals surface area (Å²) in [6.45, 7) is 11.3. The van der Waals surface area contributed by atoms with Crippen molar-refractivity contribution in [3.05, 3.63) is 65.3 Å². The summed E-state index contributed by atoms with van der Waals surface area (Å²) in [7, 11) is 0. The van der Waals surface area contributed by atoms with E-state index in [4.69, 9.17) is 9.40 Å². The molecule has 2 atom stereocenters. The minimum atomic E-state index is -0.496. The van der Waals surface area contributed by atoms with Gasteiger partial charge in [0.25, 0.3) is 0 Å². The number of nitrogens with one attached hydrogen (secondary N) is 3. The van der Waals surface area contributed by atoms with Crippen LogP contribution in [-0.2, 0) is 11.8 Å². The second-order valence-electron chi connectivity index (χ2n) is 11.3. The predicted molar refractivity (Wildman–Crippen MR) is 149 cm³/mol. The third-order valence-electron chi connectivity index (χ3n) is 6.77. The Kier molecular flexibility index (Phi) is 7.63. The molecule has 12 heteroatoms. The number of H-pyrrole nitrogens is 1. The topological polar surface area (TPSA) is 158 Å². The van der Waals surface area contributed by atoms with Crippen LogP contribution in [-0.4, -0.2) is 72.0 Å². The van der Waals surface area contributed by atoms with Gasteiger partial charge in [-0.25, -0.2) is 9.97 Å². The zero-order valence-corrected chi connectivity index (χ0v) is 23.4. The smallest absolute Gasteiger partial charge is 0.309 e. The van der Waals surface area contributed by atoms with Gasteiger partial charge >= 0.3 is 11.8 Å². The number of aliphatic hydroxyl groups is 1. The van der Waals surface area contributed by atoms with Crippen molar-refractivity contribution in [3.8, 4) is 11.3 Å². The Morgan fingerprint density at radius 3 is 2.80 bits per heavy atom. The molecule has 0 radical (unpaired) electrons. The molecular weight excluding hydrogens is 510 g/mol. The Morgan fingerprint density at radius 2 is 2.10 bits per heavy atom. The highest BCUT2D eigenvalue weighted by atomic mass is 16.4. The molecule has 0 fully saturated rings. The van der Waals surface area contributed by atoms with Gasteiger partial charge in [-0.15, -0.1) is 10.2 Å². The minimum Gasteiger partial charge on any atom is -0.416 e. The van der Waals surface area contributed by atoms with Crippen LogP contribution in [0.4, 0.5) is 11.6 Å². The van der Waals surface area contributed by atoms with Crippen LogP contribution in [0.2, 0.25) is 0 Å². The summed E-state index contributed by atoms with van der Waals surface area (Å²) in [6.07, 6.45) is 3.67. The lowest BCUT2D eigenvalue weighted by Crippen LogP contribution is -2.40. The number of hydrogen-bond donors (Lipinski definition) is 4. The van der Waals surface area contributed by atoms with Gasteiger partial charge in [0.2, 0.25) is 11.8 Å². The lowest BCUT2D eigenvalue weighted by molar-refractivity contribution is 0.0871. The molecule has 210 valence electrons. The molecule has 3 aromatic heterocycles. The zero-order valence-electron chi connectivity index (χ0n) is 23.4. The summed E-state index contributed by atoms with van der Waals surface area (Å²) >= 11 is 0. The molecule has 0 aliphatic carbocycles. The number of anilines is 2. The molecule has 1 aliphatic rings. The molecule has 4 heterocycles. The molecule has 0 spiro atoms. The number of benzene rings is 1. The maximum Gasteiger partial charge on any atom is 0.309 e. The normalized spacial score (nSPS) is 16.7. The summed E-state index contributed by atoms with van der Waals surface area (Å²) in [5.74, 6) is 0.381. The van der Waals surface area contributed by atoms with Gasteiger partial charge in [0.15, 0.2) is 0 Å². The van der Waals surface area contributed by atoms with Crippen LogP contribution in [0.5, 0.6) is 0 Å². The van der Waals surface area contributed by atoms with Gasteiger partial charge in [-0.2, -0.15) is 5.10 Å². The Labute approximate surface area is 232 Å². The fourth-order valence-electron chi connectivity index (χ4n) is 4.73. The van der Waals surface area contributed by atoms with Crippen molar-refractivity contribution < 1.29 is 14.3 Å². The number of fused-ring (bicyclic) bond motifs is 1. The standard InChI is InChI=1S/C28H35N9O3/c1-16(38)14-37-11-9-18-12-19(21-8-10-29-27(32-21)33-22-13-30-34-17(22)2)6-7-20(18)23(15-37)31-24(39)25-35-36-26(40-25)28(3,4)5/h6-8,10,12-13,16,23,38H,9,11,14-15H2,1-5H3,(H,30,34)(H,31,39)(H,29,32,33)/t16-,23-/m0/s1. The quantitative estimate of drug-likeness (QED) is 0.271. The predicted octanol–water partition coefficient (Wildman–Crippen LogP) is 3.31. The van der Waals surface area contributed by atoms with E-state index in [1.54, 1.807) is 19.3 Å². The van der Waals surface area contributed by atoms with Crippen LogP contribution < -0.4 is 10.6 Å². The lowest BCUT2D eigenvalue weighted by Gasteiger charge is -2.26. The Hall–Kier alpha value is -4.16. The van der Waals surface area contributed by atoms with Gasteiger partial charge in [0.05, 0.1) is 35.4 Å². The number of hydrogen-bond acceptors (Lipinski definition) is 10. The van der Waals surface area contributed by atoms with Crippen molar-refractivity contribution >= 4 is 17.5 Å². The Bertz CT molecular complexity index is 1490. The van der Waals surface area contributed by atoms with E-state index in [2.05, 4.69) is 47.0 Å². The highest BCUT2D eigenvalue weighted by Gasteiger charge is 2.29. The fourth-order valence-corrected chi connectivity index (χ4v) is 4.73. The van der Waals surface area contributed by atoms with E-state index >= 15 is 0 Å². The number of nitrogens with zero attached hydrogens (tertiary/aromatic N) is 6. The van der Waals surface area contributed by atoms with Crippen LogP contribution >= 0.6 is 0 Å². The molecule has 5 rings (SSSR count). The summed E-state index contributed by atoms with van der Waals surface area (Å²) in [5.41, 5.74) is 5.15. The van der Waals surface area contributed by atoms with Crippen molar-refractivity contribution in [2.24, 2.45) is 0 Å². The fraction of sp³-hybridized carbons (Fsp3) is 0.429. The first-order chi connectivity index (χ1) is 19.1. The number of amides is 1. The SMILES string of the molecule is Cc1[nH]ncc1Nc1nccc(-c2ccc3c(c2)CCN(C[C@H](C)O)C[C@@H]3NC(=O)c2nnc(C(C)(C)C)o2)n1. The molecule has 1 aliphatic heterocycles. The second kappa shape index (κ2) is 11.1. The molecule has 12 nitrogen and oxygen atoms in total. The van der Waals surface area contributed by atoms with Crippen molar-refractivity contribution in [3.63, 3.8) is 0 Å². The molecule has 0 saturated carbocycles. The van der Waals surface area contributed by atoms with Crippen LogP contribution in [0, 0.1) is 6.92 Å². The minimum absolute atomic E-state index is 0.0664. The first-order valence-electron chi connectivity index (χ1n) is 13.4. The van der Waals surface area contributed by atoms with E-state index < -0.39 is 12.0 Å². The van der Waals surface area contributed by atoms with E-state index in [-0.39, 0.29) is 17.3 Å². The van der Waals surface area contributed by atoms with Gasteiger partial charge in [-0.3, -0.25) is 14.8 Å². The van der Waals surface area contributed by atoms with Crippen LogP contribution in [0.15, 0.2) is 41.1 Å². The number of aliphatic hydroxyl groups excluding tert-OH is 1. The van der Waals surface area contributed by atoms with Crippen LogP contribution in [0.25, 0.3) is 11.3 Å². The van der Waals surface area contributed by atoms with Crippen molar-refractivity contribution in [1.82, 2.24) is 40.6 Å². The number of rotatable bonds is 7. The van der Waals surface area contributed by atoms with Gasteiger partial charge in [-0.05, 0) is 43.5 Å². The first-order valence-corrected chi connectivity index (χ1v) is 13.4. The monoisotopic (exact) mass is 545 g/mol. The zero-order chi connectivity index (χ0) is 28.4. The molecule has 1 aromatic carbocycles. The number of carbonyl (C=O) groups is 1. The number of aromatic nitrogens is 6. The molecule has 4 aromatic rings. The molecule has 40 heavy (non-hydrogen) atoms. The van der Waals surface area contributed by atoms with Gasteiger partial charge in [0, 0.05) is 36.8 Å². The van der Waals surface area contributed by atoms with E-state index in [0.29, 0.717) is 24.9 Å². The van der Waals surface area contributed by atoms with Crippen molar-refractivity contribution in [2.45, 2.75) is 58.6 Å². The van der Waals surface area contributed by atoms with Crippen molar-refractivity contribution in [1.29, 1.82) is 0 Å². The summed E-state index contributed by atoms with van der Waals surface area (Å²) in [4.78, 5) is 24.4. The van der Waals surface area contributed by atoms with E-state index in [1.807, 2.05) is 45.9 Å². The molecule has 0 unspecified atom stereocenters. The van der Waals surface area contributed by atoms with Gasteiger partial charge < -0.3 is 20.2 Å². The molecular formula is C28H35N9O3. The maximum absolute atomic E-state index is 13.2. The molecule has 4 N–H and O–H groups in total. The molecule has 0 saturated heterocycles. The maximum atomic E-state index is 13.2. The number of aryl methyl sites for hydroxylation is 1. The summed E-state index contributed by atoms with van der Waals surface area (Å²) in [6, 6.07) is 7.68. The molecule has 1 amide bonds. The summed E-state index contributed by atoms with van der Waals surface area (Å²) in [5, 5.41) is 31.3. The lowest BCUT2D eigenvalue weighted by atomic mass is 9.96. The number of β-amino-alcohol motifs (C(OH)–C–C–N with tert-alkyl or cyclic N) is 1. The number of aromatic amines is 1. The van der Waals surface area contributed by atoms with Gasteiger partial charge in [-0.1, -0.05) is 32.9 Å². The Balaban J connectivity index is 1.42. The van der Waals surface area contributed by atoms with E-state index in [0.717, 1.165) is 46.7 Å². The third-order valence-corrected chi connectivity index (χ3v) is 6.77. The van der Waals surface area contributed by atoms with E-state index in [9.17, 15) is 9.90 Å². The van der Waals surface area contributed by atoms with Gasteiger partial charge in [0.1, 0.15) is 0 Å². The van der Waals surface area contributed by atoms with E-state index in [1.165, 1.54) is 0 Å².